The van der Waals surface area contributed by atoms with Crippen molar-refractivity contribution in [2.75, 3.05) is 6.61 Å². The minimum Gasteiger partial charge on any atom is -0.494 e. The monoisotopic (exact) mass is 432 g/mol. The van der Waals surface area contributed by atoms with Crippen LogP contribution in [0.25, 0.3) is 10.6 Å². The van der Waals surface area contributed by atoms with Crippen molar-refractivity contribution in [3.63, 3.8) is 0 Å². The Kier molecular flexibility index (Phi) is 6.03. The van der Waals surface area contributed by atoms with Gasteiger partial charge in [-0.3, -0.25) is 0 Å². The molecule has 29 heavy (non-hydrogen) atoms. The van der Waals surface area contributed by atoms with Gasteiger partial charge in [-0.15, -0.1) is 11.3 Å². The van der Waals surface area contributed by atoms with Crippen molar-refractivity contribution in [1.29, 1.82) is 0 Å². The number of hydrogen-bond acceptors (Lipinski definition) is 6. The highest BCUT2D eigenvalue weighted by Crippen LogP contribution is 2.37. The third-order valence-electron chi connectivity index (χ3n) is 5.04. The summed E-state index contributed by atoms with van der Waals surface area (Å²) in [5, 5.41) is 0. The van der Waals surface area contributed by atoms with E-state index >= 15 is 0 Å². The molecule has 154 valence electrons. The van der Waals surface area contributed by atoms with Crippen molar-refractivity contribution < 1.29 is 17.6 Å². The van der Waals surface area contributed by atoms with Crippen LogP contribution in [0.2, 0.25) is 0 Å². The predicted molar refractivity (Wildman–Crippen MR) is 113 cm³/mol. The van der Waals surface area contributed by atoms with E-state index in [4.69, 9.17) is 9.15 Å². The molecule has 1 fully saturated rings. The van der Waals surface area contributed by atoms with E-state index in [9.17, 15) is 8.42 Å². The summed E-state index contributed by atoms with van der Waals surface area (Å²) in [6, 6.07) is 10.8. The van der Waals surface area contributed by atoms with E-state index in [0.29, 0.717) is 24.0 Å². The molecule has 2 heterocycles. The van der Waals surface area contributed by atoms with Crippen molar-refractivity contribution in [2.45, 2.75) is 49.3 Å². The normalized spacial score (nSPS) is 15.1. The molecule has 1 aromatic carbocycles. The highest BCUT2D eigenvalue weighted by Gasteiger charge is 2.23. The van der Waals surface area contributed by atoms with E-state index in [0.717, 1.165) is 29.2 Å². The fourth-order valence-electron chi connectivity index (χ4n) is 3.55. The zero-order chi connectivity index (χ0) is 20.3. The van der Waals surface area contributed by atoms with Gasteiger partial charge in [-0.2, -0.15) is 0 Å². The molecule has 8 heteroatoms. The molecule has 0 unspecified atom stereocenters. The number of rotatable bonds is 8. The van der Waals surface area contributed by atoms with Crippen LogP contribution < -0.4 is 9.46 Å². The zero-order valence-electron chi connectivity index (χ0n) is 16.3. The van der Waals surface area contributed by atoms with Gasteiger partial charge < -0.3 is 9.15 Å². The van der Waals surface area contributed by atoms with Crippen molar-refractivity contribution >= 4 is 21.4 Å². The average molecular weight is 433 g/mol. The number of aromatic nitrogens is 1. The Balaban J connectivity index is 1.47. The molecular formula is C21H24N2O4S2. The van der Waals surface area contributed by atoms with Gasteiger partial charge in [0, 0.05) is 18.0 Å². The van der Waals surface area contributed by atoms with Crippen LogP contribution in [0.3, 0.4) is 0 Å². The SMILES string of the molecule is CCOc1ccccc1CNS(=O)(=O)c1ccc(-c2cnc(C3CCCC3)o2)s1. The fraction of sp³-hybridized carbons (Fsp3) is 0.381. The molecule has 0 atom stereocenters. The molecule has 3 aromatic rings. The van der Waals surface area contributed by atoms with Crippen molar-refractivity contribution in [1.82, 2.24) is 9.71 Å². The van der Waals surface area contributed by atoms with Gasteiger partial charge in [0.05, 0.1) is 17.7 Å². The molecule has 2 aromatic heterocycles. The van der Waals surface area contributed by atoms with Gasteiger partial charge in [0.1, 0.15) is 9.96 Å². The van der Waals surface area contributed by atoms with E-state index in [1.807, 2.05) is 31.2 Å². The molecule has 0 spiro atoms. The molecule has 0 amide bonds. The summed E-state index contributed by atoms with van der Waals surface area (Å²) in [5.74, 6) is 2.46. The van der Waals surface area contributed by atoms with Crippen LogP contribution >= 0.6 is 11.3 Å². The minimum absolute atomic E-state index is 0.167. The van der Waals surface area contributed by atoms with Crippen molar-refractivity contribution in [2.24, 2.45) is 0 Å². The minimum atomic E-state index is -3.64. The van der Waals surface area contributed by atoms with Gasteiger partial charge in [0.15, 0.2) is 11.7 Å². The smallest absolute Gasteiger partial charge is 0.250 e. The molecule has 1 N–H and O–H groups in total. The van der Waals surface area contributed by atoms with Crippen LogP contribution in [0.5, 0.6) is 5.75 Å². The van der Waals surface area contributed by atoms with Gasteiger partial charge in [0.2, 0.25) is 10.0 Å². The highest BCUT2D eigenvalue weighted by molar-refractivity contribution is 7.91. The third-order valence-corrected chi connectivity index (χ3v) is 8.03. The average Bonchev–Trinajstić information content (AvgIpc) is 3.48. The maximum Gasteiger partial charge on any atom is 0.250 e. The van der Waals surface area contributed by atoms with Crippen LogP contribution in [0.15, 0.2) is 51.2 Å². The lowest BCUT2D eigenvalue weighted by Gasteiger charge is -2.10. The number of oxazole rings is 1. The van der Waals surface area contributed by atoms with Crippen molar-refractivity contribution in [3.05, 3.63) is 54.0 Å². The molecule has 6 nitrogen and oxygen atoms in total. The first kappa shape index (κ1) is 20.1. The summed E-state index contributed by atoms with van der Waals surface area (Å²) in [6.45, 7) is 2.59. The Morgan fingerprint density at radius 1 is 1.21 bits per heavy atom. The summed E-state index contributed by atoms with van der Waals surface area (Å²) in [5.41, 5.74) is 0.797. The van der Waals surface area contributed by atoms with Crippen LogP contribution in [0.1, 0.15) is 50.0 Å². The molecule has 1 saturated carbocycles. The fourth-order valence-corrected chi connectivity index (χ4v) is 5.85. The van der Waals surface area contributed by atoms with Crippen LogP contribution in [-0.4, -0.2) is 20.0 Å². The standard InChI is InChI=1S/C21H24N2O4S2/c1-2-26-17-10-6-5-9-16(17)13-23-29(24,25)20-12-11-19(28-20)18-14-22-21(27-18)15-7-3-4-8-15/h5-6,9-12,14-15,23H,2-4,7-8,13H2,1H3. The van der Waals surface area contributed by atoms with Crippen LogP contribution in [-0.2, 0) is 16.6 Å². The van der Waals surface area contributed by atoms with Gasteiger partial charge in [-0.25, -0.2) is 18.1 Å². The largest absolute Gasteiger partial charge is 0.494 e. The highest BCUT2D eigenvalue weighted by atomic mass is 32.2. The number of hydrogen-bond donors (Lipinski definition) is 1. The van der Waals surface area contributed by atoms with E-state index in [2.05, 4.69) is 9.71 Å². The summed E-state index contributed by atoms with van der Waals surface area (Å²) in [4.78, 5) is 5.17. The number of benzene rings is 1. The van der Waals surface area contributed by atoms with E-state index in [1.165, 1.54) is 24.2 Å². The number of ether oxygens (including phenoxy) is 1. The number of sulfonamides is 1. The van der Waals surface area contributed by atoms with Gasteiger partial charge in [-0.05, 0) is 38.0 Å². The second-order valence-electron chi connectivity index (χ2n) is 7.03. The first-order valence-corrected chi connectivity index (χ1v) is 12.1. The third kappa shape index (κ3) is 4.55. The van der Waals surface area contributed by atoms with Gasteiger partial charge >= 0.3 is 0 Å². The summed E-state index contributed by atoms with van der Waals surface area (Å²) in [7, 11) is -3.64. The summed E-state index contributed by atoms with van der Waals surface area (Å²) in [6.07, 6.45) is 6.33. The molecular weight excluding hydrogens is 408 g/mol. The maximum absolute atomic E-state index is 12.7. The second-order valence-corrected chi connectivity index (χ2v) is 10.1. The topological polar surface area (TPSA) is 81.4 Å². The molecule has 0 bridgehead atoms. The first-order valence-electron chi connectivity index (χ1n) is 9.83. The quantitative estimate of drug-likeness (QED) is 0.545. The summed E-state index contributed by atoms with van der Waals surface area (Å²) >= 11 is 1.18. The Morgan fingerprint density at radius 3 is 2.79 bits per heavy atom. The van der Waals surface area contributed by atoms with Gasteiger partial charge in [0.25, 0.3) is 0 Å². The molecule has 1 aliphatic carbocycles. The lowest BCUT2D eigenvalue weighted by molar-refractivity contribution is 0.336. The Bertz CT molecular complexity index is 1070. The number of thiophene rings is 1. The first-order chi connectivity index (χ1) is 14.1. The molecule has 1 aliphatic rings. The number of nitrogens with zero attached hydrogens (tertiary/aromatic N) is 1. The lowest BCUT2D eigenvalue weighted by Crippen LogP contribution is -2.22. The number of para-hydroxylation sites is 1. The summed E-state index contributed by atoms with van der Waals surface area (Å²) < 4.78 is 39.9. The Morgan fingerprint density at radius 2 is 2.00 bits per heavy atom. The number of nitrogens with one attached hydrogen (secondary N) is 1. The van der Waals surface area contributed by atoms with E-state index < -0.39 is 10.0 Å². The lowest BCUT2D eigenvalue weighted by atomic mass is 10.1. The van der Waals surface area contributed by atoms with Crippen LogP contribution in [0, 0.1) is 0 Å². The Labute approximate surface area is 175 Å². The molecule has 0 saturated heterocycles. The molecule has 0 radical (unpaired) electrons. The van der Waals surface area contributed by atoms with E-state index in [1.54, 1.807) is 18.3 Å². The predicted octanol–water partition coefficient (Wildman–Crippen LogP) is 4.94. The van der Waals surface area contributed by atoms with Crippen LogP contribution in [0.4, 0.5) is 0 Å². The van der Waals surface area contributed by atoms with E-state index in [-0.39, 0.29) is 10.8 Å². The molecule has 0 aliphatic heterocycles. The van der Waals surface area contributed by atoms with Crippen molar-refractivity contribution in [3.8, 4) is 16.4 Å². The van der Waals surface area contributed by atoms with Gasteiger partial charge in [-0.1, -0.05) is 31.0 Å². The molecule has 4 rings (SSSR count). The Hall–Kier alpha value is -2.16. The second kappa shape index (κ2) is 8.69. The zero-order valence-corrected chi connectivity index (χ0v) is 17.9. The maximum atomic E-state index is 12.7.